The van der Waals surface area contributed by atoms with E-state index in [1.54, 1.807) is 6.07 Å². The van der Waals surface area contributed by atoms with E-state index >= 15 is 0 Å². The first-order valence-corrected chi connectivity index (χ1v) is 9.74. The third-order valence-corrected chi connectivity index (χ3v) is 5.15. The minimum atomic E-state index is -0.238. The maximum absolute atomic E-state index is 12.9. The Morgan fingerprint density at radius 3 is 2.37 bits per heavy atom. The lowest BCUT2D eigenvalue weighted by atomic mass is 9.88. The highest BCUT2D eigenvalue weighted by Gasteiger charge is 2.31. The van der Waals surface area contributed by atoms with Gasteiger partial charge in [0.2, 0.25) is 5.91 Å². The van der Waals surface area contributed by atoms with Gasteiger partial charge in [-0.15, -0.1) is 0 Å². The predicted octanol–water partition coefficient (Wildman–Crippen LogP) is 2.66. The van der Waals surface area contributed by atoms with Gasteiger partial charge in [-0.3, -0.25) is 14.5 Å². The second-order valence-corrected chi connectivity index (χ2v) is 8.45. The van der Waals surface area contributed by atoms with Gasteiger partial charge in [-0.1, -0.05) is 0 Å². The first kappa shape index (κ1) is 19.7. The zero-order chi connectivity index (χ0) is 19.6. The fourth-order valence-electron chi connectivity index (χ4n) is 3.62. The van der Waals surface area contributed by atoms with E-state index in [0.717, 1.165) is 25.9 Å². The summed E-state index contributed by atoms with van der Waals surface area (Å²) in [6, 6.07) is 5.24. The number of carbonyl (C=O) groups excluding carboxylic acids is 2. The number of fused-ring (bicyclic) bond motifs is 1. The molecule has 2 aliphatic rings. The van der Waals surface area contributed by atoms with E-state index in [4.69, 9.17) is 9.47 Å². The molecule has 1 aromatic carbocycles. The molecule has 2 heterocycles. The van der Waals surface area contributed by atoms with E-state index in [1.165, 1.54) is 0 Å². The molecule has 0 radical (unpaired) electrons. The molecule has 2 aliphatic heterocycles. The molecule has 0 aliphatic carbocycles. The first-order valence-electron chi connectivity index (χ1n) is 9.74. The number of hydrogen-bond acceptors (Lipinski definition) is 5. The van der Waals surface area contributed by atoms with Crippen LogP contribution in [-0.4, -0.2) is 54.5 Å². The molecule has 1 saturated heterocycles. The normalized spacial score (nSPS) is 19.4. The molecule has 6 nitrogen and oxygen atoms in total. The van der Waals surface area contributed by atoms with Crippen molar-refractivity contribution in [2.75, 3.05) is 26.3 Å². The average Bonchev–Trinajstić information content (AvgIpc) is 2.65. The number of benzene rings is 1. The summed E-state index contributed by atoms with van der Waals surface area (Å²) in [5.74, 6) is 1.53. The molecule has 1 fully saturated rings. The van der Waals surface area contributed by atoms with Crippen molar-refractivity contribution in [3.63, 3.8) is 0 Å². The lowest BCUT2D eigenvalue weighted by Crippen LogP contribution is -2.53. The van der Waals surface area contributed by atoms with Crippen LogP contribution in [0.5, 0.6) is 11.5 Å². The molecule has 0 unspecified atom stereocenters. The SMILES string of the molecule is C[C@H](C(=O)NC(C)(C)C)N1CCC(C(=O)c2ccc3c(c2)OCCO3)CC1. The fourth-order valence-corrected chi connectivity index (χ4v) is 3.62. The number of piperidine rings is 1. The number of ether oxygens (including phenoxy) is 2. The zero-order valence-electron chi connectivity index (χ0n) is 16.7. The van der Waals surface area contributed by atoms with Crippen LogP contribution >= 0.6 is 0 Å². The summed E-state index contributed by atoms with van der Waals surface area (Å²) in [6.07, 6.45) is 1.53. The van der Waals surface area contributed by atoms with Gasteiger partial charge in [0.25, 0.3) is 0 Å². The molecule has 0 bridgehead atoms. The number of ketones is 1. The second kappa shape index (κ2) is 7.89. The van der Waals surface area contributed by atoms with Crippen molar-refractivity contribution in [2.45, 2.75) is 52.1 Å². The van der Waals surface area contributed by atoms with Gasteiger partial charge < -0.3 is 14.8 Å². The number of amides is 1. The monoisotopic (exact) mass is 374 g/mol. The minimum Gasteiger partial charge on any atom is -0.486 e. The third kappa shape index (κ3) is 4.80. The van der Waals surface area contributed by atoms with Crippen LogP contribution in [0.3, 0.4) is 0 Å². The maximum Gasteiger partial charge on any atom is 0.237 e. The van der Waals surface area contributed by atoms with Crippen molar-refractivity contribution >= 4 is 11.7 Å². The summed E-state index contributed by atoms with van der Waals surface area (Å²) in [7, 11) is 0. The quantitative estimate of drug-likeness (QED) is 0.821. The largest absolute Gasteiger partial charge is 0.486 e. The summed E-state index contributed by atoms with van der Waals surface area (Å²) in [5.41, 5.74) is 0.439. The van der Waals surface area contributed by atoms with Crippen LogP contribution in [0.2, 0.25) is 0 Å². The maximum atomic E-state index is 12.9. The molecule has 0 saturated carbocycles. The highest BCUT2D eigenvalue weighted by atomic mass is 16.6. The summed E-state index contributed by atoms with van der Waals surface area (Å²) in [4.78, 5) is 27.4. The Morgan fingerprint density at radius 2 is 1.74 bits per heavy atom. The van der Waals surface area contributed by atoms with Gasteiger partial charge >= 0.3 is 0 Å². The Kier molecular flexibility index (Phi) is 5.75. The number of nitrogens with one attached hydrogen (secondary N) is 1. The van der Waals surface area contributed by atoms with Crippen LogP contribution in [0.15, 0.2) is 18.2 Å². The third-order valence-electron chi connectivity index (χ3n) is 5.15. The topological polar surface area (TPSA) is 67.9 Å². The molecular weight excluding hydrogens is 344 g/mol. The van der Waals surface area contributed by atoms with E-state index in [-0.39, 0.29) is 29.2 Å². The highest BCUT2D eigenvalue weighted by Crippen LogP contribution is 2.32. The molecule has 148 valence electrons. The van der Waals surface area contributed by atoms with Gasteiger partial charge in [-0.05, 0) is 71.8 Å². The molecule has 0 aromatic heterocycles. The van der Waals surface area contributed by atoms with Crippen molar-refractivity contribution in [1.82, 2.24) is 10.2 Å². The smallest absolute Gasteiger partial charge is 0.237 e. The minimum absolute atomic E-state index is 0.0123. The molecule has 1 atom stereocenters. The zero-order valence-corrected chi connectivity index (χ0v) is 16.7. The number of likely N-dealkylation sites (tertiary alicyclic amines) is 1. The lowest BCUT2D eigenvalue weighted by Gasteiger charge is -2.36. The summed E-state index contributed by atoms with van der Waals surface area (Å²) in [5, 5.41) is 3.03. The van der Waals surface area contributed by atoms with Crippen LogP contribution in [0, 0.1) is 5.92 Å². The Morgan fingerprint density at radius 1 is 1.11 bits per heavy atom. The molecule has 1 N–H and O–H groups in total. The van der Waals surface area contributed by atoms with E-state index < -0.39 is 0 Å². The average molecular weight is 374 g/mol. The van der Waals surface area contributed by atoms with Gasteiger partial charge in [0.05, 0.1) is 6.04 Å². The van der Waals surface area contributed by atoms with Crippen molar-refractivity contribution in [3.8, 4) is 11.5 Å². The Balaban J connectivity index is 1.57. The van der Waals surface area contributed by atoms with Gasteiger partial charge in [0, 0.05) is 17.0 Å². The van der Waals surface area contributed by atoms with E-state index in [9.17, 15) is 9.59 Å². The van der Waals surface area contributed by atoms with E-state index in [2.05, 4.69) is 10.2 Å². The molecular formula is C21H30N2O4. The Bertz CT molecular complexity index is 703. The van der Waals surface area contributed by atoms with Gasteiger partial charge in [0.15, 0.2) is 17.3 Å². The number of nitrogens with zero attached hydrogens (tertiary/aromatic N) is 1. The van der Waals surface area contributed by atoms with Crippen LogP contribution < -0.4 is 14.8 Å². The Labute approximate surface area is 161 Å². The first-order chi connectivity index (χ1) is 12.7. The number of carbonyl (C=O) groups is 2. The van der Waals surface area contributed by atoms with Crippen LogP contribution in [-0.2, 0) is 4.79 Å². The molecule has 1 aromatic rings. The lowest BCUT2D eigenvalue weighted by molar-refractivity contribution is -0.127. The van der Waals surface area contributed by atoms with Crippen molar-refractivity contribution in [1.29, 1.82) is 0 Å². The van der Waals surface area contributed by atoms with Gasteiger partial charge in [0.1, 0.15) is 13.2 Å². The van der Waals surface area contributed by atoms with Crippen molar-refractivity contribution < 1.29 is 19.1 Å². The Hall–Kier alpha value is -2.08. The summed E-state index contributed by atoms with van der Waals surface area (Å²) in [6.45, 7) is 10.4. The van der Waals surface area contributed by atoms with Crippen LogP contribution in [0.1, 0.15) is 50.9 Å². The molecule has 1 amide bonds. The molecule has 27 heavy (non-hydrogen) atoms. The van der Waals surface area contributed by atoms with E-state index in [1.807, 2.05) is 39.8 Å². The standard InChI is InChI=1S/C21H30N2O4/c1-14(20(25)22-21(2,3)4)23-9-7-15(8-10-23)19(24)16-5-6-17-18(13-16)27-12-11-26-17/h5-6,13-15H,7-12H2,1-4H3,(H,22,25)/t14-/m1/s1. The second-order valence-electron chi connectivity index (χ2n) is 8.45. The molecule has 6 heteroatoms. The van der Waals surface area contributed by atoms with E-state index in [0.29, 0.717) is 30.3 Å². The van der Waals surface area contributed by atoms with Crippen molar-refractivity contribution in [2.24, 2.45) is 5.92 Å². The fraction of sp³-hybridized carbons (Fsp3) is 0.619. The number of hydrogen-bond donors (Lipinski definition) is 1. The van der Waals surface area contributed by atoms with Crippen LogP contribution in [0.4, 0.5) is 0 Å². The molecule has 3 rings (SSSR count). The van der Waals surface area contributed by atoms with Crippen molar-refractivity contribution in [3.05, 3.63) is 23.8 Å². The predicted molar refractivity (Wildman–Crippen MR) is 103 cm³/mol. The van der Waals surface area contributed by atoms with Crippen LogP contribution in [0.25, 0.3) is 0 Å². The van der Waals surface area contributed by atoms with Gasteiger partial charge in [-0.25, -0.2) is 0 Å². The number of rotatable bonds is 4. The molecule has 0 spiro atoms. The van der Waals surface area contributed by atoms with Gasteiger partial charge in [-0.2, -0.15) is 0 Å². The highest BCUT2D eigenvalue weighted by molar-refractivity contribution is 5.98. The summed E-state index contributed by atoms with van der Waals surface area (Å²) < 4.78 is 11.1. The number of Topliss-reactive ketones (excluding diaryl/α,β-unsaturated/α-hetero) is 1. The summed E-state index contributed by atoms with van der Waals surface area (Å²) >= 11 is 0.